The van der Waals surface area contributed by atoms with Gasteiger partial charge in [0, 0.05) is 0 Å². The van der Waals surface area contributed by atoms with Crippen LogP contribution in [0.5, 0.6) is 0 Å². The minimum atomic E-state index is -5.02. The van der Waals surface area contributed by atoms with Gasteiger partial charge in [0.15, 0.2) is 0 Å². The molecule has 0 aromatic rings. The number of hydrogen-bond donors (Lipinski definition) is 0. The van der Waals surface area contributed by atoms with Gasteiger partial charge in [-0.1, -0.05) is 0 Å². The number of carbonyl (C=O) groups excluding carboxylic acids is 1. The number of rotatable bonds is 3. The summed E-state index contributed by atoms with van der Waals surface area (Å²) in [5.74, 6) is -0.555. The van der Waals surface area contributed by atoms with Gasteiger partial charge in [-0.2, -0.15) is 0 Å². The molecular weight excluding hydrogens is 220 g/mol. The molecule has 0 aromatic carbocycles. The number of hydrogen-bond acceptors (Lipinski definition) is 2. The zero-order valence-corrected chi connectivity index (χ0v) is 10.2. The fourth-order valence-electron chi connectivity index (χ4n) is 0.827. The fraction of sp³-hybridized carbons (Fsp3) is 0.700. The van der Waals surface area contributed by atoms with Gasteiger partial charge < -0.3 is 17.7 Å². The van der Waals surface area contributed by atoms with Gasteiger partial charge in [-0.05, 0) is 34.6 Å². The standard InChI is InChI=1S/C10H17BF3O2/c1-9(2,3)16-8(15)10(4,5)6-7-11(12,13)14/h6-7H,1-5H3/q-1/b7-6+. The van der Waals surface area contributed by atoms with Crippen LogP contribution in [0.2, 0.25) is 0 Å². The summed E-state index contributed by atoms with van der Waals surface area (Å²) in [4.78, 5) is 11.6. The molecule has 2 nitrogen and oxygen atoms in total. The number of ether oxygens (including phenoxy) is 1. The maximum absolute atomic E-state index is 12.0. The van der Waals surface area contributed by atoms with Gasteiger partial charge in [0.1, 0.15) is 5.60 Å². The van der Waals surface area contributed by atoms with E-state index in [1.807, 2.05) is 0 Å². The lowest BCUT2D eigenvalue weighted by Gasteiger charge is -2.27. The Hall–Kier alpha value is -0.935. The summed E-state index contributed by atoms with van der Waals surface area (Å²) >= 11 is 0. The molecule has 0 bridgehead atoms. The van der Waals surface area contributed by atoms with Gasteiger partial charge in [0.2, 0.25) is 0 Å². The first-order valence-corrected chi connectivity index (χ1v) is 4.97. The molecule has 0 N–H and O–H groups in total. The molecular formula is C10H17BF3O2-. The minimum absolute atomic E-state index is 0.115. The quantitative estimate of drug-likeness (QED) is 0.556. The Labute approximate surface area is 93.9 Å². The zero-order chi connectivity index (χ0) is 13.2. The van der Waals surface area contributed by atoms with Crippen LogP contribution in [0.25, 0.3) is 0 Å². The van der Waals surface area contributed by atoms with Crippen molar-refractivity contribution >= 4 is 12.9 Å². The van der Waals surface area contributed by atoms with E-state index in [4.69, 9.17) is 4.74 Å². The average Bonchev–Trinajstić information content (AvgIpc) is 1.96. The van der Waals surface area contributed by atoms with Crippen molar-refractivity contribution < 1.29 is 22.5 Å². The van der Waals surface area contributed by atoms with Crippen molar-refractivity contribution in [2.24, 2.45) is 5.41 Å². The van der Waals surface area contributed by atoms with E-state index < -0.39 is 24.0 Å². The molecule has 0 amide bonds. The molecule has 0 radical (unpaired) electrons. The van der Waals surface area contributed by atoms with E-state index in [-0.39, 0.29) is 5.98 Å². The maximum atomic E-state index is 12.0. The number of esters is 1. The Morgan fingerprint density at radius 1 is 1.12 bits per heavy atom. The Kier molecular flexibility index (Phi) is 4.25. The number of carbonyl (C=O) groups is 1. The summed E-state index contributed by atoms with van der Waals surface area (Å²) < 4.78 is 41.0. The summed E-state index contributed by atoms with van der Waals surface area (Å²) in [6, 6.07) is 0. The van der Waals surface area contributed by atoms with Crippen LogP contribution in [-0.4, -0.2) is 18.5 Å². The first-order chi connectivity index (χ1) is 6.83. The molecule has 6 heteroatoms. The molecule has 0 saturated heterocycles. The van der Waals surface area contributed by atoms with Crippen molar-refractivity contribution in [3.8, 4) is 0 Å². The summed E-state index contributed by atoms with van der Waals surface area (Å²) in [5, 5.41) is 0. The van der Waals surface area contributed by atoms with Gasteiger partial charge >= 0.3 is 12.9 Å². The molecule has 0 aliphatic heterocycles. The summed E-state index contributed by atoms with van der Waals surface area (Å²) in [7, 11) is 0. The third kappa shape index (κ3) is 6.53. The van der Waals surface area contributed by atoms with Crippen LogP contribution in [0.15, 0.2) is 12.1 Å². The molecule has 0 aliphatic rings. The van der Waals surface area contributed by atoms with Gasteiger partial charge in [-0.3, -0.25) is 4.79 Å². The van der Waals surface area contributed by atoms with Crippen LogP contribution in [0.4, 0.5) is 12.9 Å². The van der Waals surface area contributed by atoms with E-state index in [1.165, 1.54) is 13.8 Å². The highest BCUT2D eigenvalue weighted by atomic mass is 19.4. The third-order valence-electron chi connectivity index (χ3n) is 1.66. The molecule has 94 valence electrons. The average molecular weight is 237 g/mol. The highest BCUT2D eigenvalue weighted by Crippen LogP contribution is 2.24. The van der Waals surface area contributed by atoms with Crippen LogP contribution in [0, 0.1) is 5.41 Å². The topological polar surface area (TPSA) is 26.3 Å². The molecule has 0 atom stereocenters. The molecule has 0 fully saturated rings. The molecule has 0 spiro atoms. The zero-order valence-electron chi connectivity index (χ0n) is 10.2. The molecule has 16 heavy (non-hydrogen) atoms. The van der Waals surface area contributed by atoms with Crippen LogP contribution >= 0.6 is 0 Å². The van der Waals surface area contributed by atoms with Gasteiger partial charge in [0.25, 0.3) is 0 Å². The Bertz CT molecular complexity index is 287. The van der Waals surface area contributed by atoms with Crippen molar-refractivity contribution in [3.05, 3.63) is 12.1 Å². The van der Waals surface area contributed by atoms with Crippen molar-refractivity contribution in [1.82, 2.24) is 0 Å². The molecule has 0 unspecified atom stereocenters. The Balaban J connectivity index is 4.68. The fourth-order valence-corrected chi connectivity index (χ4v) is 0.827. The second-order valence-electron chi connectivity index (χ2n) is 5.21. The van der Waals surface area contributed by atoms with Crippen LogP contribution in [-0.2, 0) is 9.53 Å². The van der Waals surface area contributed by atoms with Crippen molar-refractivity contribution in [1.29, 1.82) is 0 Å². The van der Waals surface area contributed by atoms with Gasteiger partial charge in [-0.25, -0.2) is 0 Å². The monoisotopic (exact) mass is 237 g/mol. The van der Waals surface area contributed by atoms with E-state index in [2.05, 4.69) is 0 Å². The third-order valence-corrected chi connectivity index (χ3v) is 1.66. The first kappa shape index (κ1) is 15.1. The number of halogens is 3. The minimum Gasteiger partial charge on any atom is -0.459 e. The highest BCUT2D eigenvalue weighted by Gasteiger charge is 2.31. The molecule has 0 heterocycles. The molecule has 0 saturated carbocycles. The van der Waals surface area contributed by atoms with Crippen LogP contribution in [0.1, 0.15) is 34.6 Å². The maximum Gasteiger partial charge on any atom is 0.502 e. The smallest absolute Gasteiger partial charge is 0.459 e. The molecule has 0 aromatic heterocycles. The van der Waals surface area contributed by atoms with E-state index >= 15 is 0 Å². The van der Waals surface area contributed by atoms with Crippen LogP contribution < -0.4 is 0 Å². The second-order valence-corrected chi connectivity index (χ2v) is 5.21. The van der Waals surface area contributed by atoms with Gasteiger partial charge in [-0.15, -0.1) is 12.1 Å². The lowest BCUT2D eigenvalue weighted by molar-refractivity contribution is -0.162. The normalized spacial score (nSPS) is 14.2. The molecule has 0 aliphatic carbocycles. The van der Waals surface area contributed by atoms with E-state index in [0.29, 0.717) is 0 Å². The Morgan fingerprint density at radius 3 is 1.88 bits per heavy atom. The van der Waals surface area contributed by atoms with E-state index in [1.54, 1.807) is 20.8 Å². The lowest BCUT2D eigenvalue weighted by Crippen LogP contribution is -2.33. The van der Waals surface area contributed by atoms with E-state index in [0.717, 1.165) is 6.08 Å². The predicted molar refractivity (Wildman–Crippen MR) is 57.8 cm³/mol. The van der Waals surface area contributed by atoms with Gasteiger partial charge in [0.05, 0.1) is 5.41 Å². The lowest BCUT2D eigenvalue weighted by atomic mass is 9.84. The van der Waals surface area contributed by atoms with Crippen LogP contribution in [0.3, 0.4) is 0 Å². The predicted octanol–water partition coefficient (Wildman–Crippen LogP) is 3.30. The van der Waals surface area contributed by atoms with Crippen molar-refractivity contribution in [2.45, 2.75) is 40.2 Å². The SMILES string of the molecule is CC(C)(C)OC(=O)C(C)(C)/C=C/[B-](F)(F)F. The summed E-state index contributed by atoms with van der Waals surface area (Å²) in [6.07, 6.45) is 0.834. The second kappa shape index (κ2) is 4.51. The first-order valence-electron chi connectivity index (χ1n) is 4.97. The summed E-state index contributed by atoms with van der Waals surface area (Å²) in [5.41, 5.74) is -1.98. The van der Waals surface area contributed by atoms with Crippen molar-refractivity contribution in [2.75, 3.05) is 0 Å². The summed E-state index contributed by atoms with van der Waals surface area (Å²) in [6.45, 7) is 2.75. The Morgan fingerprint density at radius 2 is 1.56 bits per heavy atom. The molecule has 0 rings (SSSR count). The largest absolute Gasteiger partial charge is 0.502 e. The highest BCUT2D eigenvalue weighted by molar-refractivity contribution is 6.64. The van der Waals surface area contributed by atoms with Crippen molar-refractivity contribution in [3.63, 3.8) is 0 Å². The van der Waals surface area contributed by atoms with E-state index in [9.17, 15) is 17.7 Å².